The Hall–Kier alpha value is -0.720. The van der Waals surface area contributed by atoms with Crippen molar-refractivity contribution in [3.05, 3.63) is 0 Å². The van der Waals surface area contributed by atoms with E-state index in [-0.39, 0.29) is 0 Å². The molecule has 0 bridgehead atoms. The minimum atomic E-state index is -1.79. The lowest BCUT2D eigenvalue weighted by molar-refractivity contribution is -0.281. The normalized spacial score (nSPS) is 44.0. The number of aliphatic hydroxyl groups excluding tert-OH is 12. The predicted octanol–water partition coefficient (Wildman–Crippen LogP) is -8.20. The van der Waals surface area contributed by atoms with Crippen LogP contribution in [0.2, 0.25) is 0 Å². The van der Waals surface area contributed by atoms with Gasteiger partial charge in [-0.1, -0.05) is 0 Å². The zero-order valence-electron chi connectivity index (χ0n) is 20.6. The molecule has 0 spiro atoms. The number of hydrogen-bond donors (Lipinski definition) is 12. The fourth-order valence-electron chi connectivity index (χ4n) is 4.47. The van der Waals surface area contributed by atoms with Crippen molar-refractivity contribution in [2.75, 3.05) is 33.0 Å². The molecular formula is C21H38O18. The first kappa shape index (κ1) is 32.8. The molecule has 230 valence electrons. The van der Waals surface area contributed by atoms with Crippen LogP contribution in [0.3, 0.4) is 0 Å². The van der Waals surface area contributed by atoms with E-state index in [0.29, 0.717) is 0 Å². The van der Waals surface area contributed by atoms with Crippen LogP contribution in [0.15, 0.2) is 0 Å². The lowest BCUT2D eigenvalue weighted by atomic mass is 10.0. The minimum Gasteiger partial charge on any atom is -0.394 e. The van der Waals surface area contributed by atoms with E-state index in [1.54, 1.807) is 0 Å². The number of rotatable bonds is 14. The molecule has 18 nitrogen and oxygen atoms in total. The first-order valence-electron chi connectivity index (χ1n) is 12.3. The Morgan fingerprint density at radius 3 is 1.41 bits per heavy atom. The Kier molecular flexibility index (Phi) is 12.1. The van der Waals surface area contributed by atoms with Crippen molar-refractivity contribution in [2.45, 2.75) is 98.2 Å². The van der Waals surface area contributed by atoms with Crippen LogP contribution >= 0.6 is 0 Å². The molecule has 3 fully saturated rings. The van der Waals surface area contributed by atoms with Crippen LogP contribution in [0, 0.1) is 0 Å². The Morgan fingerprint density at radius 1 is 0.513 bits per heavy atom. The van der Waals surface area contributed by atoms with Gasteiger partial charge in [0.2, 0.25) is 0 Å². The Bertz CT molecular complexity index is 733. The highest BCUT2D eigenvalue weighted by atomic mass is 16.8. The average molecular weight is 579 g/mol. The van der Waals surface area contributed by atoms with Crippen molar-refractivity contribution in [3.63, 3.8) is 0 Å². The fourth-order valence-corrected chi connectivity index (χ4v) is 4.47. The molecule has 1 unspecified atom stereocenters. The summed E-state index contributed by atoms with van der Waals surface area (Å²) in [5.74, 6) is 0. The summed E-state index contributed by atoms with van der Waals surface area (Å²) in [5.41, 5.74) is 0. The Labute approximate surface area is 221 Å². The molecule has 0 aromatic heterocycles. The minimum absolute atomic E-state index is 0.510. The fraction of sp³-hybridized carbons (Fsp3) is 1.00. The first-order chi connectivity index (χ1) is 18.5. The third-order valence-electron chi connectivity index (χ3n) is 6.67. The molecule has 0 aromatic carbocycles. The molecule has 39 heavy (non-hydrogen) atoms. The third kappa shape index (κ3) is 7.20. The Balaban J connectivity index is 1.82. The summed E-state index contributed by atoms with van der Waals surface area (Å²) >= 11 is 0. The highest BCUT2D eigenvalue weighted by molar-refractivity contribution is 4.98. The van der Waals surface area contributed by atoms with Gasteiger partial charge in [-0.3, -0.25) is 0 Å². The standard InChI is InChI=1S/C21H38O18/c22-1-6(26)5-34-20-17(12(32)15(36-20)8(28)3-24)39-21-18(13(33)16(37-21)9(29)4-25)38-19-11(31)10(30)14(35-19)7(27)2-23/h6-33H,1-5H2/t6?,7-,8-,9-,10-,11-,12+,13+,14+,15+,16+,17-,18-,19+,20-,21+/m1/s1. The molecule has 0 aromatic rings. The summed E-state index contributed by atoms with van der Waals surface area (Å²) in [5, 5.41) is 118. The van der Waals surface area contributed by atoms with Crippen molar-refractivity contribution in [2.24, 2.45) is 0 Å². The summed E-state index contributed by atoms with van der Waals surface area (Å²) in [7, 11) is 0. The molecule has 16 atom stereocenters. The highest BCUT2D eigenvalue weighted by Crippen LogP contribution is 2.36. The van der Waals surface area contributed by atoms with Crippen LogP contribution in [-0.2, 0) is 28.4 Å². The molecule has 18 heteroatoms. The molecule has 0 saturated carbocycles. The SMILES string of the molecule is OCC(O)CO[C@@H]1O[C@@H]([C@H](O)CO)[C@H](O)[C@H]1O[C@@H]1O[C@@H]([C@H](O)CO)[C@H](O)[C@H]1O[C@@H]1O[C@@H]([C@H](O)CO)[C@H](O)[C@H]1O. The second kappa shape index (κ2) is 14.4. The first-order valence-corrected chi connectivity index (χ1v) is 12.3. The van der Waals surface area contributed by atoms with E-state index >= 15 is 0 Å². The van der Waals surface area contributed by atoms with Gasteiger partial charge in [0.05, 0.1) is 33.0 Å². The van der Waals surface area contributed by atoms with Crippen molar-refractivity contribution in [1.82, 2.24) is 0 Å². The summed E-state index contributed by atoms with van der Waals surface area (Å²) < 4.78 is 32.9. The summed E-state index contributed by atoms with van der Waals surface area (Å²) in [6, 6.07) is 0. The average Bonchev–Trinajstić information content (AvgIpc) is 3.53. The van der Waals surface area contributed by atoms with Crippen molar-refractivity contribution < 1.29 is 89.7 Å². The molecule has 0 amide bonds. The van der Waals surface area contributed by atoms with Gasteiger partial charge in [-0.25, -0.2) is 0 Å². The van der Waals surface area contributed by atoms with Gasteiger partial charge in [0, 0.05) is 0 Å². The maximum absolute atomic E-state index is 10.8. The van der Waals surface area contributed by atoms with Gasteiger partial charge in [-0.2, -0.15) is 0 Å². The zero-order valence-corrected chi connectivity index (χ0v) is 20.6. The molecule has 0 aliphatic carbocycles. The summed E-state index contributed by atoms with van der Waals surface area (Å²) in [6.07, 6.45) is -25.8. The van der Waals surface area contributed by atoms with E-state index < -0.39 is 131 Å². The monoisotopic (exact) mass is 578 g/mol. The van der Waals surface area contributed by atoms with Gasteiger partial charge in [0.25, 0.3) is 0 Å². The second-order valence-electron chi connectivity index (χ2n) is 9.49. The number of aliphatic hydroxyl groups is 12. The van der Waals surface area contributed by atoms with Gasteiger partial charge in [0.1, 0.15) is 79.4 Å². The number of ether oxygens (including phenoxy) is 6. The van der Waals surface area contributed by atoms with Crippen LogP contribution in [0.1, 0.15) is 0 Å². The predicted molar refractivity (Wildman–Crippen MR) is 118 cm³/mol. The largest absolute Gasteiger partial charge is 0.394 e. The van der Waals surface area contributed by atoms with Gasteiger partial charge in [-0.05, 0) is 0 Å². The molecule has 3 aliphatic heterocycles. The van der Waals surface area contributed by atoms with E-state index in [1.165, 1.54) is 0 Å². The van der Waals surface area contributed by atoms with Crippen molar-refractivity contribution in [1.29, 1.82) is 0 Å². The maximum Gasteiger partial charge on any atom is 0.187 e. The molecule has 3 aliphatic rings. The lowest BCUT2D eigenvalue weighted by Gasteiger charge is -2.29. The van der Waals surface area contributed by atoms with Crippen LogP contribution in [0.5, 0.6) is 0 Å². The van der Waals surface area contributed by atoms with Gasteiger partial charge in [0.15, 0.2) is 18.9 Å². The van der Waals surface area contributed by atoms with E-state index in [4.69, 9.17) is 38.6 Å². The summed E-state index contributed by atoms with van der Waals surface area (Å²) in [6.45, 7) is -3.70. The van der Waals surface area contributed by atoms with Crippen molar-refractivity contribution >= 4 is 0 Å². The van der Waals surface area contributed by atoms with Crippen LogP contribution < -0.4 is 0 Å². The van der Waals surface area contributed by atoms with Crippen LogP contribution in [-0.4, -0.2) is 193 Å². The van der Waals surface area contributed by atoms with E-state index in [2.05, 4.69) is 0 Å². The summed E-state index contributed by atoms with van der Waals surface area (Å²) in [4.78, 5) is 0. The molecule has 3 rings (SSSR count). The lowest BCUT2D eigenvalue weighted by Crippen LogP contribution is -2.48. The van der Waals surface area contributed by atoms with Gasteiger partial charge in [-0.15, -0.1) is 0 Å². The Morgan fingerprint density at radius 2 is 0.923 bits per heavy atom. The number of hydrogen-bond acceptors (Lipinski definition) is 18. The smallest absolute Gasteiger partial charge is 0.187 e. The third-order valence-corrected chi connectivity index (χ3v) is 6.67. The highest BCUT2D eigenvalue weighted by Gasteiger charge is 2.56. The molecule has 3 saturated heterocycles. The van der Waals surface area contributed by atoms with E-state index in [9.17, 15) is 51.1 Å². The van der Waals surface area contributed by atoms with Crippen LogP contribution in [0.25, 0.3) is 0 Å². The maximum atomic E-state index is 10.8. The van der Waals surface area contributed by atoms with Crippen LogP contribution in [0.4, 0.5) is 0 Å². The topological polar surface area (TPSA) is 298 Å². The van der Waals surface area contributed by atoms with Crippen molar-refractivity contribution in [3.8, 4) is 0 Å². The van der Waals surface area contributed by atoms with E-state index in [0.717, 1.165) is 0 Å². The second-order valence-corrected chi connectivity index (χ2v) is 9.49. The quantitative estimate of drug-likeness (QED) is 0.0910. The molecule has 12 N–H and O–H groups in total. The zero-order chi connectivity index (χ0) is 29.0. The van der Waals surface area contributed by atoms with E-state index in [1.807, 2.05) is 0 Å². The van der Waals surface area contributed by atoms with Gasteiger partial charge < -0.3 is 89.7 Å². The van der Waals surface area contributed by atoms with Gasteiger partial charge >= 0.3 is 0 Å². The molecular weight excluding hydrogens is 540 g/mol. The molecule has 0 radical (unpaired) electrons. The molecule has 3 heterocycles.